The molecule has 0 radical (unpaired) electrons. The summed E-state index contributed by atoms with van der Waals surface area (Å²) in [7, 11) is 4.07. The highest BCUT2D eigenvalue weighted by molar-refractivity contribution is 7.09. The maximum absolute atomic E-state index is 10.8. The normalized spacial score (nSPS) is 10.9. The molecule has 2 rings (SSSR count). The third kappa shape index (κ3) is 3.87. The molecular formula is C14H16N2O2S. The third-order valence-corrected chi connectivity index (χ3v) is 3.47. The van der Waals surface area contributed by atoms with Gasteiger partial charge in [0.2, 0.25) is 0 Å². The van der Waals surface area contributed by atoms with E-state index >= 15 is 0 Å². The zero-order valence-electron chi connectivity index (χ0n) is 11.0. The molecule has 0 saturated heterocycles. The average molecular weight is 276 g/mol. The summed E-state index contributed by atoms with van der Waals surface area (Å²) in [5.74, 6) is -0.969. The van der Waals surface area contributed by atoms with Crippen molar-refractivity contribution in [2.75, 3.05) is 14.1 Å². The van der Waals surface area contributed by atoms with Gasteiger partial charge >= 0.3 is 5.97 Å². The minimum Gasteiger partial charge on any atom is -0.476 e. The molecule has 1 aromatic heterocycles. The molecule has 0 aliphatic heterocycles. The Hall–Kier alpha value is -1.72. The second-order valence-electron chi connectivity index (χ2n) is 4.67. The van der Waals surface area contributed by atoms with E-state index in [2.05, 4.69) is 22.0 Å². The molecular weight excluding hydrogens is 260 g/mol. The number of carbonyl (C=O) groups is 1. The van der Waals surface area contributed by atoms with Crippen LogP contribution in [0, 0.1) is 0 Å². The Balaban J connectivity index is 2.11. The Morgan fingerprint density at radius 3 is 2.74 bits per heavy atom. The van der Waals surface area contributed by atoms with Gasteiger partial charge in [0.25, 0.3) is 0 Å². The lowest BCUT2D eigenvalue weighted by Gasteiger charge is -2.10. The van der Waals surface area contributed by atoms with Gasteiger partial charge in [-0.2, -0.15) is 0 Å². The van der Waals surface area contributed by atoms with Gasteiger partial charge in [-0.05, 0) is 25.2 Å². The summed E-state index contributed by atoms with van der Waals surface area (Å²) in [5.41, 5.74) is 2.53. The number of rotatable bonds is 5. The summed E-state index contributed by atoms with van der Waals surface area (Å²) in [5, 5.41) is 11.3. The lowest BCUT2D eigenvalue weighted by molar-refractivity contribution is 0.0691. The molecule has 100 valence electrons. The van der Waals surface area contributed by atoms with Gasteiger partial charge in [0.1, 0.15) is 0 Å². The highest BCUT2D eigenvalue weighted by Gasteiger charge is 2.09. The first-order valence-electron chi connectivity index (χ1n) is 5.95. The summed E-state index contributed by atoms with van der Waals surface area (Å²) in [6.45, 7) is 0.895. The van der Waals surface area contributed by atoms with Crippen LogP contribution in [0.3, 0.4) is 0 Å². The summed E-state index contributed by atoms with van der Waals surface area (Å²) in [4.78, 5) is 17.0. The molecule has 0 aliphatic rings. The fraction of sp³-hybridized carbons (Fsp3) is 0.286. The van der Waals surface area contributed by atoms with E-state index in [-0.39, 0.29) is 5.69 Å². The van der Waals surface area contributed by atoms with E-state index in [0.717, 1.165) is 17.1 Å². The minimum atomic E-state index is -0.969. The topological polar surface area (TPSA) is 53.4 Å². The van der Waals surface area contributed by atoms with Crippen LogP contribution in [0.5, 0.6) is 0 Å². The molecule has 0 bridgehead atoms. The fourth-order valence-electron chi connectivity index (χ4n) is 1.87. The van der Waals surface area contributed by atoms with Crippen molar-refractivity contribution >= 4 is 17.3 Å². The van der Waals surface area contributed by atoms with E-state index in [1.54, 1.807) is 5.38 Å². The van der Waals surface area contributed by atoms with Gasteiger partial charge in [-0.1, -0.05) is 24.3 Å². The molecule has 0 atom stereocenters. The number of aromatic carboxylic acids is 1. The van der Waals surface area contributed by atoms with Crippen molar-refractivity contribution in [1.29, 1.82) is 0 Å². The standard InChI is InChI=1S/C14H16N2O2S/c1-16(2)8-11-5-3-4-10(6-11)7-13-15-12(9-19-13)14(17)18/h3-6,9H,7-8H2,1-2H3,(H,17,18). The Bertz CT molecular complexity index is 578. The predicted molar refractivity (Wildman–Crippen MR) is 75.7 cm³/mol. The van der Waals surface area contributed by atoms with Gasteiger partial charge in [-0.25, -0.2) is 9.78 Å². The van der Waals surface area contributed by atoms with Gasteiger partial charge in [-0.3, -0.25) is 0 Å². The van der Waals surface area contributed by atoms with Gasteiger partial charge in [0.05, 0.1) is 5.01 Å². The van der Waals surface area contributed by atoms with E-state index < -0.39 is 5.97 Å². The predicted octanol–water partition coefficient (Wildman–Crippen LogP) is 2.49. The van der Waals surface area contributed by atoms with Gasteiger partial charge in [-0.15, -0.1) is 11.3 Å². The van der Waals surface area contributed by atoms with Gasteiger partial charge < -0.3 is 10.0 Å². The third-order valence-electron chi connectivity index (χ3n) is 2.62. The first-order valence-corrected chi connectivity index (χ1v) is 6.83. The smallest absolute Gasteiger partial charge is 0.355 e. The Labute approximate surface area is 116 Å². The SMILES string of the molecule is CN(C)Cc1cccc(Cc2nc(C(=O)O)cs2)c1. The lowest BCUT2D eigenvalue weighted by Crippen LogP contribution is -2.10. The summed E-state index contributed by atoms with van der Waals surface area (Å²) in [6, 6.07) is 8.30. The number of aromatic nitrogens is 1. The van der Waals surface area contributed by atoms with E-state index in [1.165, 1.54) is 16.9 Å². The van der Waals surface area contributed by atoms with Crippen molar-refractivity contribution in [1.82, 2.24) is 9.88 Å². The van der Waals surface area contributed by atoms with Crippen molar-refractivity contribution in [3.05, 3.63) is 51.5 Å². The van der Waals surface area contributed by atoms with Crippen LogP contribution in [0.25, 0.3) is 0 Å². The zero-order valence-corrected chi connectivity index (χ0v) is 11.8. The highest BCUT2D eigenvalue weighted by Crippen LogP contribution is 2.16. The van der Waals surface area contributed by atoms with Crippen LogP contribution in [-0.2, 0) is 13.0 Å². The molecule has 5 heteroatoms. The largest absolute Gasteiger partial charge is 0.476 e. The van der Waals surface area contributed by atoms with Crippen LogP contribution < -0.4 is 0 Å². The molecule has 19 heavy (non-hydrogen) atoms. The second kappa shape index (κ2) is 5.95. The number of carboxylic acids is 1. The van der Waals surface area contributed by atoms with E-state index in [1.807, 2.05) is 26.2 Å². The zero-order chi connectivity index (χ0) is 13.8. The number of hydrogen-bond acceptors (Lipinski definition) is 4. The van der Waals surface area contributed by atoms with Gasteiger partial charge in [0, 0.05) is 18.3 Å². The fourth-order valence-corrected chi connectivity index (χ4v) is 2.67. The Morgan fingerprint density at radius 1 is 1.37 bits per heavy atom. The minimum absolute atomic E-state index is 0.129. The summed E-state index contributed by atoms with van der Waals surface area (Å²) >= 11 is 1.39. The van der Waals surface area contributed by atoms with Crippen molar-refractivity contribution in [3.63, 3.8) is 0 Å². The number of hydrogen-bond donors (Lipinski definition) is 1. The summed E-state index contributed by atoms with van der Waals surface area (Å²) < 4.78 is 0. The van der Waals surface area contributed by atoms with E-state index in [9.17, 15) is 4.79 Å². The van der Waals surface area contributed by atoms with Crippen molar-refractivity contribution in [2.24, 2.45) is 0 Å². The molecule has 0 amide bonds. The molecule has 0 spiro atoms. The second-order valence-corrected chi connectivity index (χ2v) is 5.61. The average Bonchev–Trinajstić information content (AvgIpc) is 2.77. The van der Waals surface area contributed by atoms with Crippen molar-refractivity contribution < 1.29 is 9.90 Å². The number of nitrogens with zero attached hydrogens (tertiary/aromatic N) is 2. The van der Waals surface area contributed by atoms with Gasteiger partial charge in [0.15, 0.2) is 5.69 Å². The van der Waals surface area contributed by atoms with Crippen LogP contribution in [0.2, 0.25) is 0 Å². The monoisotopic (exact) mass is 276 g/mol. The summed E-state index contributed by atoms with van der Waals surface area (Å²) in [6.07, 6.45) is 0.680. The van der Waals surface area contributed by atoms with E-state index in [4.69, 9.17) is 5.11 Å². The van der Waals surface area contributed by atoms with Crippen LogP contribution in [0.15, 0.2) is 29.6 Å². The van der Waals surface area contributed by atoms with Crippen LogP contribution in [0.4, 0.5) is 0 Å². The number of benzene rings is 1. The van der Waals surface area contributed by atoms with Crippen molar-refractivity contribution in [3.8, 4) is 0 Å². The first kappa shape index (κ1) is 13.7. The van der Waals surface area contributed by atoms with Crippen molar-refractivity contribution in [2.45, 2.75) is 13.0 Å². The Kier molecular flexibility index (Phi) is 4.29. The maximum Gasteiger partial charge on any atom is 0.355 e. The molecule has 0 aliphatic carbocycles. The lowest BCUT2D eigenvalue weighted by atomic mass is 10.1. The number of carboxylic acid groups (broad SMARTS) is 1. The number of thiazole rings is 1. The van der Waals surface area contributed by atoms with Crippen LogP contribution in [0.1, 0.15) is 26.6 Å². The molecule has 2 aromatic rings. The molecule has 0 unspecified atom stereocenters. The molecule has 0 saturated carbocycles. The first-order chi connectivity index (χ1) is 9.04. The van der Waals surface area contributed by atoms with Crippen LogP contribution >= 0.6 is 11.3 Å². The van der Waals surface area contributed by atoms with Crippen LogP contribution in [-0.4, -0.2) is 35.1 Å². The molecule has 1 N–H and O–H groups in total. The molecule has 1 heterocycles. The maximum atomic E-state index is 10.8. The molecule has 1 aromatic carbocycles. The molecule has 4 nitrogen and oxygen atoms in total. The Morgan fingerprint density at radius 2 is 2.11 bits per heavy atom. The van der Waals surface area contributed by atoms with E-state index in [0.29, 0.717) is 6.42 Å². The quantitative estimate of drug-likeness (QED) is 0.911. The highest BCUT2D eigenvalue weighted by atomic mass is 32.1. The molecule has 0 fully saturated rings.